The molecule has 5 nitrogen and oxygen atoms in total. The zero-order valence-electron chi connectivity index (χ0n) is 10.8. The summed E-state index contributed by atoms with van der Waals surface area (Å²) in [6, 6.07) is 3.39. The van der Waals surface area contributed by atoms with E-state index in [0.29, 0.717) is 19.5 Å². The summed E-state index contributed by atoms with van der Waals surface area (Å²) in [6.07, 6.45) is 2.30. The Morgan fingerprint density at radius 2 is 2.50 bits per heavy atom. The number of hydrogen-bond donors (Lipinski definition) is 2. The summed E-state index contributed by atoms with van der Waals surface area (Å²) in [7, 11) is 0. The maximum atomic E-state index is 12.0. The second-order valence-electron chi connectivity index (χ2n) is 5.19. The Morgan fingerprint density at radius 1 is 1.72 bits per heavy atom. The predicted octanol–water partition coefficient (Wildman–Crippen LogP) is 0.741. The Labute approximate surface area is 107 Å². The van der Waals surface area contributed by atoms with E-state index in [4.69, 9.17) is 4.42 Å². The standard InChI is InChI=1S/C13H20N2O3/c1-10(15-6-5-13(2,17)9-15)12(16)14-8-11-4-3-7-18-11/h3-4,7,10,17H,5-6,8-9H2,1-2H3,(H,14,16). The first-order chi connectivity index (χ1) is 8.48. The average Bonchev–Trinajstić information content (AvgIpc) is 2.94. The summed E-state index contributed by atoms with van der Waals surface area (Å²) in [5.41, 5.74) is -0.671. The van der Waals surface area contributed by atoms with E-state index in [1.54, 1.807) is 19.3 Å². The van der Waals surface area contributed by atoms with Gasteiger partial charge in [0.1, 0.15) is 5.76 Å². The third-order valence-electron chi connectivity index (χ3n) is 3.43. The molecule has 2 atom stereocenters. The number of furan rings is 1. The lowest BCUT2D eigenvalue weighted by molar-refractivity contribution is -0.126. The Morgan fingerprint density at radius 3 is 3.06 bits per heavy atom. The van der Waals surface area contributed by atoms with E-state index in [1.165, 1.54) is 0 Å². The lowest BCUT2D eigenvalue weighted by Gasteiger charge is -2.24. The van der Waals surface area contributed by atoms with Crippen molar-refractivity contribution < 1.29 is 14.3 Å². The number of β-amino-alcohol motifs (C(OH)–C–C–N with tert-alkyl or cyclic N) is 1. The van der Waals surface area contributed by atoms with Crippen LogP contribution in [-0.2, 0) is 11.3 Å². The molecule has 5 heteroatoms. The summed E-state index contributed by atoms with van der Waals surface area (Å²) in [6.45, 7) is 5.37. The molecule has 1 aromatic rings. The van der Waals surface area contributed by atoms with Crippen LogP contribution in [0.1, 0.15) is 26.0 Å². The van der Waals surface area contributed by atoms with Crippen LogP contribution in [0.2, 0.25) is 0 Å². The van der Waals surface area contributed by atoms with Gasteiger partial charge < -0.3 is 14.8 Å². The highest BCUT2D eigenvalue weighted by Crippen LogP contribution is 2.22. The minimum atomic E-state index is -0.671. The lowest BCUT2D eigenvalue weighted by atomic mass is 10.1. The monoisotopic (exact) mass is 252 g/mol. The molecular weight excluding hydrogens is 232 g/mol. The molecule has 1 saturated heterocycles. The summed E-state index contributed by atoms with van der Waals surface area (Å²) in [4.78, 5) is 14.0. The highest BCUT2D eigenvalue weighted by Gasteiger charge is 2.35. The molecule has 2 rings (SSSR count). The maximum absolute atomic E-state index is 12.0. The fourth-order valence-corrected chi connectivity index (χ4v) is 2.21. The Hall–Kier alpha value is -1.33. The summed E-state index contributed by atoms with van der Waals surface area (Å²) in [5.74, 6) is 0.702. The van der Waals surface area contributed by atoms with Gasteiger partial charge >= 0.3 is 0 Å². The van der Waals surface area contributed by atoms with E-state index in [0.717, 1.165) is 12.3 Å². The van der Waals surface area contributed by atoms with Gasteiger partial charge in [0.25, 0.3) is 0 Å². The summed E-state index contributed by atoms with van der Waals surface area (Å²) < 4.78 is 5.15. The van der Waals surface area contributed by atoms with Crippen molar-refractivity contribution in [3.05, 3.63) is 24.2 Å². The number of carbonyl (C=O) groups excluding carboxylic acids is 1. The molecule has 1 aliphatic rings. The molecule has 0 spiro atoms. The third kappa shape index (κ3) is 3.11. The molecule has 1 aromatic heterocycles. The van der Waals surface area contributed by atoms with Crippen LogP contribution in [0, 0.1) is 0 Å². The second-order valence-corrected chi connectivity index (χ2v) is 5.19. The zero-order valence-corrected chi connectivity index (χ0v) is 10.8. The first kappa shape index (κ1) is 13.1. The smallest absolute Gasteiger partial charge is 0.237 e. The molecular formula is C13H20N2O3. The number of nitrogens with one attached hydrogen (secondary N) is 1. The normalized spacial score (nSPS) is 26.2. The minimum absolute atomic E-state index is 0.0379. The molecule has 0 radical (unpaired) electrons. The van der Waals surface area contributed by atoms with Crippen molar-refractivity contribution in [1.82, 2.24) is 10.2 Å². The third-order valence-corrected chi connectivity index (χ3v) is 3.43. The predicted molar refractivity (Wildman–Crippen MR) is 66.8 cm³/mol. The van der Waals surface area contributed by atoms with Crippen LogP contribution in [0.3, 0.4) is 0 Å². The fourth-order valence-electron chi connectivity index (χ4n) is 2.21. The van der Waals surface area contributed by atoms with Crippen molar-refractivity contribution in [2.75, 3.05) is 13.1 Å². The topological polar surface area (TPSA) is 65.7 Å². The fraction of sp³-hybridized carbons (Fsp3) is 0.615. The van der Waals surface area contributed by atoms with E-state index in [2.05, 4.69) is 5.32 Å². The van der Waals surface area contributed by atoms with Crippen LogP contribution in [0.15, 0.2) is 22.8 Å². The van der Waals surface area contributed by atoms with Gasteiger partial charge in [-0.3, -0.25) is 9.69 Å². The average molecular weight is 252 g/mol. The van der Waals surface area contributed by atoms with E-state index in [9.17, 15) is 9.90 Å². The van der Waals surface area contributed by atoms with Gasteiger partial charge in [-0.05, 0) is 32.4 Å². The summed E-state index contributed by atoms with van der Waals surface area (Å²) in [5, 5.41) is 12.7. The van der Waals surface area contributed by atoms with Crippen LogP contribution < -0.4 is 5.32 Å². The zero-order chi connectivity index (χ0) is 13.2. The minimum Gasteiger partial charge on any atom is -0.467 e. The highest BCUT2D eigenvalue weighted by atomic mass is 16.3. The van der Waals surface area contributed by atoms with Crippen LogP contribution in [-0.4, -0.2) is 40.6 Å². The van der Waals surface area contributed by atoms with Gasteiger partial charge in [0, 0.05) is 13.1 Å². The van der Waals surface area contributed by atoms with Gasteiger partial charge in [0.15, 0.2) is 0 Å². The van der Waals surface area contributed by atoms with Gasteiger partial charge in [-0.2, -0.15) is 0 Å². The molecule has 0 bridgehead atoms. The first-order valence-electron chi connectivity index (χ1n) is 6.24. The van der Waals surface area contributed by atoms with Crippen molar-refractivity contribution >= 4 is 5.91 Å². The molecule has 18 heavy (non-hydrogen) atoms. The molecule has 1 fully saturated rings. The molecule has 2 unspecified atom stereocenters. The SMILES string of the molecule is CC(C(=O)NCc1ccco1)N1CCC(C)(O)C1. The molecule has 1 amide bonds. The molecule has 2 N–H and O–H groups in total. The van der Waals surface area contributed by atoms with Gasteiger partial charge in [-0.15, -0.1) is 0 Å². The molecule has 100 valence electrons. The van der Waals surface area contributed by atoms with Gasteiger partial charge in [0.05, 0.1) is 24.5 Å². The van der Waals surface area contributed by atoms with Crippen molar-refractivity contribution in [3.63, 3.8) is 0 Å². The van der Waals surface area contributed by atoms with Gasteiger partial charge in [-0.25, -0.2) is 0 Å². The molecule has 0 aliphatic carbocycles. The van der Waals surface area contributed by atoms with E-state index in [-0.39, 0.29) is 11.9 Å². The molecule has 0 aromatic carbocycles. The Bertz CT molecular complexity index is 400. The van der Waals surface area contributed by atoms with Gasteiger partial charge in [0.2, 0.25) is 5.91 Å². The number of hydrogen-bond acceptors (Lipinski definition) is 4. The van der Waals surface area contributed by atoms with Crippen molar-refractivity contribution in [3.8, 4) is 0 Å². The number of rotatable bonds is 4. The highest BCUT2D eigenvalue weighted by molar-refractivity contribution is 5.81. The number of likely N-dealkylation sites (tertiary alicyclic amines) is 1. The maximum Gasteiger partial charge on any atom is 0.237 e. The van der Waals surface area contributed by atoms with Gasteiger partial charge in [-0.1, -0.05) is 0 Å². The quantitative estimate of drug-likeness (QED) is 0.829. The van der Waals surface area contributed by atoms with Crippen LogP contribution in [0.4, 0.5) is 0 Å². The molecule has 2 heterocycles. The van der Waals surface area contributed by atoms with Crippen LogP contribution >= 0.6 is 0 Å². The number of nitrogens with zero attached hydrogens (tertiary/aromatic N) is 1. The largest absolute Gasteiger partial charge is 0.467 e. The van der Waals surface area contributed by atoms with E-state index in [1.807, 2.05) is 17.9 Å². The Balaban J connectivity index is 1.82. The van der Waals surface area contributed by atoms with Crippen molar-refractivity contribution in [1.29, 1.82) is 0 Å². The first-order valence-corrected chi connectivity index (χ1v) is 6.24. The summed E-state index contributed by atoms with van der Waals surface area (Å²) >= 11 is 0. The molecule has 1 aliphatic heterocycles. The van der Waals surface area contributed by atoms with E-state index < -0.39 is 5.60 Å². The number of amides is 1. The lowest BCUT2D eigenvalue weighted by Crippen LogP contribution is -2.45. The van der Waals surface area contributed by atoms with Crippen LogP contribution in [0.5, 0.6) is 0 Å². The second kappa shape index (κ2) is 5.12. The molecule has 0 saturated carbocycles. The number of carbonyl (C=O) groups is 1. The van der Waals surface area contributed by atoms with Crippen molar-refractivity contribution in [2.45, 2.75) is 38.5 Å². The Kier molecular flexibility index (Phi) is 3.73. The van der Waals surface area contributed by atoms with E-state index >= 15 is 0 Å². The van der Waals surface area contributed by atoms with Crippen molar-refractivity contribution in [2.24, 2.45) is 0 Å². The van der Waals surface area contributed by atoms with Crippen LogP contribution in [0.25, 0.3) is 0 Å². The number of aliphatic hydroxyl groups is 1.